The smallest absolute Gasteiger partial charge is 0.223 e. The normalized spacial score (nSPS) is 12.4. The summed E-state index contributed by atoms with van der Waals surface area (Å²) < 4.78 is 7.08. The van der Waals surface area contributed by atoms with Gasteiger partial charge in [0.2, 0.25) is 5.91 Å². The molecule has 1 atom stereocenters. The molecule has 78 valence electrons. The van der Waals surface area contributed by atoms with E-state index in [1.165, 1.54) is 0 Å². The highest BCUT2D eigenvalue weighted by Crippen LogP contribution is 2.09. The second kappa shape index (κ2) is 4.64. The number of aryl methyl sites for hydroxylation is 1. The zero-order valence-corrected chi connectivity index (χ0v) is 8.43. The molecule has 1 aromatic heterocycles. The summed E-state index contributed by atoms with van der Waals surface area (Å²) in [5, 5.41) is 4.03. The van der Waals surface area contributed by atoms with Gasteiger partial charge in [-0.1, -0.05) is 6.92 Å². The van der Waals surface area contributed by atoms with E-state index in [2.05, 4.69) is 5.10 Å². The molecule has 0 aliphatic carbocycles. The van der Waals surface area contributed by atoms with E-state index in [1.54, 1.807) is 24.0 Å². The van der Waals surface area contributed by atoms with Crippen LogP contribution in [-0.2, 0) is 11.3 Å². The van der Waals surface area contributed by atoms with Gasteiger partial charge in [-0.15, -0.1) is 0 Å². The van der Waals surface area contributed by atoms with E-state index in [1.807, 2.05) is 6.92 Å². The van der Waals surface area contributed by atoms with Crippen LogP contribution < -0.4 is 10.5 Å². The van der Waals surface area contributed by atoms with E-state index in [4.69, 9.17) is 10.5 Å². The second-order valence-electron chi connectivity index (χ2n) is 3.15. The Kier molecular flexibility index (Phi) is 3.50. The molecule has 1 amide bonds. The Bertz CT molecular complexity index is 309. The van der Waals surface area contributed by atoms with Gasteiger partial charge in [0.05, 0.1) is 24.9 Å². The number of ether oxygens (including phenoxy) is 1. The van der Waals surface area contributed by atoms with Gasteiger partial charge >= 0.3 is 0 Å². The highest BCUT2D eigenvalue weighted by Gasteiger charge is 2.09. The first-order valence-corrected chi connectivity index (χ1v) is 4.58. The van der Waals surface area contributed by atoms with Crippen LogP contribution >= 0.6 is 0 Å². The average molecular weight is 197 g/mol. The van der Waals surface area contributed by atoms with Gasteiger partial charge in [0, 0.05) is 6.54 Å². The van der Waals surface area contributed by atoms with E-state index in [0.29, 0.717) is 12.4 Å². The van der Waals surface area contributed by atoms with Crippen LogP contribution in [0.2, 0.25) is 0 Å². The lowest BCUT2D eigenvalue weighted by Gasteiger charge is -2.07. The molecule has 2 N–H and O–H groups in total. The van der Waals surface area contributed by atoms with Gasteiger partial charge in [-0.3, -0.25) is 9.48 Å². The number of amides is 1. The Morgan fingerprint density at radius 3 is 3.00 bits per heavy atom. The van der Waals surface area contributed by atoms with Gasteiger partial charge in [-0.2, -0.15) is 5.10 Å². The minimum absolute atomic E-state index is 0.278. The van der Waals surface area contributed by atoms with Crippen molar-refractivity contribution in [1.82, 2.24) is 9.78 Å². The first kappa shape index (κ1) is 10.6. The van der Waals surface area contributed by atoms with Crippen LogP contribution in [0.15, 0.2) is 12.4 Å². The molecule has 14 heavy (non-hydrogen) atoms. The van der Waals surface area contributed by atoms with Crippen LogP contribution in [0.3, 0.4) is 0 Å². The topological polar surface area (TPSA) is 70.1 Å². The van der Waals surface area contributed by atoms with Crippen LogP contribution in [0, 0.1) is 5.92 Å². The molecule has 0 spiro atoms. The minimum Gasteiger partial charge on any atom is -0.489 e. The van der Waals surface area contributed by atoms with E-state index >= 15 is 0 Å². The van der Waals surface area contributed by atoms with E-state index < -0.39 is 0 Å². The highest BCUT2D eigenvalue weighted by atomic mass is 16.5. The molecule has 0 saturated carbocycles. The van der Waals surface area contributed by atoms with Gasteiger partial charge in [0.15, 0.2) is 5.75 Å². The lowest BCUT2D eigenvalue weighted by molar-refractivity contribution is -0.122. The minimum atomic E-state index is -0.354. The van der Waals surface area contributed by atoms with Crippen molar-refractivity contribution in [2.24, 2.45) is 11.7 Å². The zero-order chi connectivity index (χ0) is 10.6. The third kappa shape index (κ3) is 2.76. The van der Waals surface area contributed by atoms with Crippen LogP contribution in [0.5, 0.6) is 5.75 Å². The van der Waals surface area contributed by atoms with Crippen molar-refractivity contribution in [3.8, 4) is 5.75 Å². The van der Waals surface area contributed by atoms with E-state index in [-0.39, 0.29) is 11.8 Å². The van der Waals surface area contributed by atoms with E-state index in [0.717, 1.165) is 6.54 Å². The third-order valence-electron chi connectivity index (χ3n) is 1.92. The van der Waals surface area contributed by atoms with Crippen molar-refractivity contribution in [3.63, 3.8) is 0 Å². The summed E-state index contributed by atoms with van der Waals surface area (Å²) in [5.41, 5.74) is 5.09. The predicted molar refractivity (Wildman–Crippen MR) is 51.8 cm³/mol. The van der Waals surface area contributed by atoms with Crippen molar-refractivity contribution in [2.75, 3.05) is 6.61 Å². The fraction of sp³-hybridized carbons (Fsp3) is 0.556. The SMILES string of the molecule is CCn1cc(OCC(C)C(N)=O)cn1. The molecule has 1 heterocycles. The summed E-state index contributed by atoms with van der Waals surface area (Å²) in [4.78, 5) is 10.7. The van der Waals surface area contributed by atoms with Crippen LogP contribution in [0.4, 0.5) is 0 Å². The van der Waals surface area contributed by atoms with Gasteiger partial charge in [-0.25, -0.2) is 0 Å². The molecular weight excluding hydrogens is 182 g/mol. The molecule has 1 unspecified atom stereocenters. The Balaban J connectivity index is 2.41. The van der Waals surface area contributed by atoms with Gasteiger partial charge in [0.25, 0.3) is 0 Å². The maximum Gasteiger partial charge on any atom is 0.223 e. The number of hydrogen-bond donors (Lipinski definition) is 1. The van der Waals surface area contributed by atoms with Crippen molar-refractivity contribution in [1.29, 1.82) is 0 Å². The van der Waals surface area contributed by atoms with Gasteiger partial charge in [-0.05, 0) is 6.92 Å². The first-order valence-electron chi connectivity index (χ1n) is 4.58. The monoisotopic (exact) mass is 197 g/mol. The fourth-order valence-corrected chi connectivity index (χ4v) is 0.895. The second-order valence-corrected chi connectivity index (χ2v) is 3.15. The Morgan fingerprint density at radius 1 is 1.79 bits per heavy atom. The standard InChI is InChI=1S/C9H15N3O2/c1-3-12-5-8(4-11-12)14-6-7(2)9(10)13/h4-5,7H,3,6H2,1-2H3,(H2,10,13). The molecule has 0 aromatic carbocycles. The van der Waals surface area contributed by atoms with Crippen LogP contribution in [0.1, 0.15) is 13.8 Å². The molecule has 0 fully saturated rings. The molecule has 5 heteroatoms. The molecule has 0 aliphatic heterocycles. The molecule has 5 nitrogen and oxygen atoms in total. The summed E-state index contributed by atoms with van der Waals surface area (Å²) >= 11 is 0. The molecule has 0 radical (unpaired) electrons. The summed E-state index contributed by atoms with van der Waals surface area (Å²) in [7, 11) is 0. The lowest BCUT2D eigenvalue weighted by atomic mass is 10.2. The molecule has 1 aromatic rings. The summed E-state index contributed by atoms with van der Waals surface area (Å²) in [6.07, 6.45) is 3.41. The third-order valence-corrected chi connectivity index (χ3v) is 1.92. The molecule has 1 rings (SSSR count). The lowest BCUT2D eigenvalue weighted by Crippen LogP contribution is -2.25. The number of nitrogens with zero attached hydrogens (tertiary/aromatic N) is 2. The van der Waals surface area contributed by atoms with Gasteiger partial charge in [0.1, 0.15) is 0 Å². The van der Waals surface area contributed by atoms with Crippen molar-refractivity contribution in [3.05, 3.63) is 12.4 Å². The van der Waals surface area contributed by atoms with Gasteiger partial charge < -0.3 is 10.5 Å². The number of carbonyl (C=O) groups is 1. The largest absolute Gasteiger partial charge is 0.489 e. The number of hydrogen-bond acceptors (Lipinski definition) is 3. The molecular formula is C9H15N3O2. The first-order chi connectivity index (χ1) is 6.63. The molecule has 0 saturated heterocycles. The number of nitrogens with two attached hydrogens (primary N) is 1. The molecule has 0 aliphatic rings. The summed E-state index contributed by atoms with van der Waals surface area (Å²) in [6.45, 7) is 4.81. The highest BCUT2D eigenvalue weighted by molar-refractivity contribution is 5.76. The summed E-state index contributed by atoms with van der Waals surface area (Å²) in [5.74, 6) is 0.0350. The number of primary amides is 1. The average Bonchev–Trinajstić information content (AvgIpc) is 2.61. The Labute approximate surface area is 82.8 Å². The van der Waals surface area contributed by atoms with Crippen LogP contribution in [-0.4, -0.2) is 22.3 Å². The van der Waals surface area contributed by atoms with E-state index in [9.17, 15) is 4.79 Å². The number of carbonyl (C=O) groups excluding carboxylic acids is 1. The maximum atomic E-state index is 10.7. The van der Waals surface area contributed by atoms with Crippen LogP contribution in [0.25, 0.3) is 0 Å². The van der Waals surface area contributed by atoms with Crippen molar-refractivity contribution < 1.29 is 9.53 Å². The Morgan fingerprint density at radius 2 is 2.50 bits per heavy atom. The maximum absolute atomic E-state index is 10.7. The zero-order valence-electron chi connectivity index (χ0n) is 8.43. The van der Waals surface area contributed by atoms with Crippen molar-refractivity contribution >= 4 is 5.91 Å². The Hall–Kier alpha value is -1.52. The number of rotatable bonds is 5. The fourth-order valence-electron chi connectivity index (χ4n) is 0.895. The quantitative estimate of drug-likeness (QED) is 0.742. The predicted octanol–water partition coefficient (Wildman–Crippen LogP) is 0.403. The summed E-state index contributed by atoms with van der Waals surface area (Å²) in [6, 6.07) is 0. The molecule has 0 bridgehead atoms. The number of aromatic nitrogens is 2. The van der Waals surface area contributed by atoms with Crippen molar-refractivity contribution in [2.45, 2.75) is 20.4 Å².